The standard InChI is InChI=1S/C22H30F6O3/c1-4-5-6-7-8-9-12-31-13-20-11-10-14(19(20,2)3)15(16(20)29)17(30)21(25,26)22(27,28)18(23)24/h4,14-15,18H,1,5-13H2,2-3H3/t14-,15?,20-/m1/s1. The van der Waals surface area contributed by atoms with Gasteiger partial charge in [0.05, 0.1) is 17.9 Å². The van der Waals surface area contributed by atoms with E-state index in [0.717, 1.165) is 32.1 Å². The molecule has 9 heteroatoms. The summed E-state index contributed by atoms with van der Waals surface area (Å²) in [4.78, 5) is 25.4. The lowest BCUT2D eigenvalue weighted by molar-refractivity contribution is -0.255. The van der Waals surface area contributed by atoms with Crippen LogP contribution < -0.4 is 0 Å². The van der Waals surface area contributed by atoms with Gasteiger partial charge in [0.25, 0.3) is 0 Å². The third kappa shape index (κ3) is 4.18. The molecule has 178 valence electrons. The van der Waals surface area contributed by atoms with Gasteiger partial charge in [-0.25, -0.2) is 8.78 Å². The van der Waals surface area contributed by atoms with Crippen molar-refractivity contribution in [1.29, 1.82) is 0 Å². The van der Waals surface area contributed by atoms with Crippen LogP contribution in [0.15, 0.2) is 12.7 Å². The molecule has 0 aromatic heterocycles. The average molecular weight is 456 g/mol. The van der Waals surface area contributed by atoms with E-state index in [2.05, 4.69) is 6.58 Å². The Morgan fingerprint density at radius 1 is 1.19 bits per heavy atom. The Hall–Kier alpha value is -1.38. The SMILES string of the molecule is C=CCCCCCCOC[C@]12CC[C@H](C(C(=O)C(F)(F)C(F)(F)C(F)F)C1=O)C2(C)C. The van der Waals surface area contributed by atoms with E-state index in [4.69, 9.17) is 4.74 Å². The normalized spacial score (nSPS) is 27.8. The maximum absolute atomic E-state index is 14.1. The maximum atomic E-state index is 14.1. The molecule has 0 saturated heterocycles. The predicted octanol–water partition coefficient (Wildman–Crippen LogP) is 5.87. The van der Waals surface area contributed by atoms with Crippen LogP contribution >= 0.6 is 0 Å². The van der Waals surface area contributed by atoms with E-state index in [9.17, 15) is 35.9 Å². The summed E-state index contributed by atoms with van der Waals surface area (Å²) < 4.78 is 85.7. The lowest BCUT2D eigenvalue weighted by atomic mass is 9.69. The van der Waals surface area contributed by atoms with E-state index in [1.807, 2.05) is 6.08 Å². The van der Waals surface area contributed by atoms with E-state index in [0.29, 0.717) is 6.61 Å². The molecule has 2 saturated carbocycles. The lowest BCUT2D eigenvalue weighted by Crippen LogP contribution is -2.56. The molecule has 2 bridgehead atoms. The van der Waals surface area contributed by atoms with Gasteiger partial charge in [-0.1, -0.05) is 32.8 Å². The number of Topliss-reactive ketones (excluding diaryl/α,β-unsaturated/α-hetero) is 2. The van der Waals surface area contributed by atoms with Crippen molar-refractivity contribution >= 4 is 11.6 Å². The van der Waals surface area contributed by atoms with E-state index >= 15 is 0 Å². The number of fused-ring (bicyclic) bond motifs is 2. The van der Waals surface area contributed by atoms with E-state index in [1.165, 1.54) is 0 Å². The summed E-state index contributed by atoms with van der Waals surface area (Å²) in [5.74, 6) is -17.7. The monoisotopic (exact) mass is 456 g/mol. The van der Waals surface area contributed by atoms with E-state index in [-0.39, 0.29) is 19.4 Å². The zero-order chi connectivity index (χ0) is 23.7. The molecule has 0 aliphatic heterocycles. The molecular weight excluding hydrogens is 426 g/mol. The van der Waals surface area contributed by atoms with E-state index < -0.39 is 52.5 Å². The van der Waals surface area contributed by atoms with Crippen molar-refractivity contribution in [2.75, 3.05) is 13.2 Å². The first kappa shape index (κ1) is 25.9. The molecular formula is C22H30F6O3. The van der Waals surface area contributed by atoms with Gasteiger partial charge >= 0.3 is 18.3 Å². The Morgan fingerprint density at radius 2 is 1.81 bits per heavy atom. The molecule has 3 nitrogen and oxygen atoms in total. The number of unbranched alkanes of at least 4 members (excludes halogenated alkanes) is 4. The Kier molecular flexibility index (Phi) is 7.71. The molecule has 31 heavy (non-hydrogen) atoms. The fourth-order valence-electron chi connectivity index (χ4n) is 5.16. The van der Waals surface area contributed by atoms with Crippen LogP contribution in [0, 0.1) is 22.7 Å². The summed E-state index contributed by atoms with van der Waals surface area (Å²) in [7, 11) is 0. The Labute approximate surface area is 178 Å². The van der Waals surface area contributed by atoms with Gasteiger partial charge in [-0.2, -0.15) is 17.6 Å². The van der Waals surface area contributed by atoms with Gasteiger partial charge in [-0.05, 0) is 43.4 Å². The zero-order valence-electron chi connectivity index (χ0n) is 17.9. The first-order valence-electron chi connectivity index (χ1n) is 10.6. The van der Waals surface area contributed by atoms with Gasteiger partial charge in [-0.3, -0.25) is 9.59 Å². The summed E-state index contributed by atoms with van der Waals surface area (Å²) in [6.45, 7) is 7.12. The topological polar surface area (TPSA) is 43.4 Å². The number of carbonyl (C=O) groups excluding carboxylic acids is 2. The van der Waals surface area contributed by atoms with E-state index in [1.54, 1.807) is 13.8 Å². The number of hydrogen-bond donors (Lipinski definition) is 0. The number of hydrogen-bond acceptors (Lipinski definition) is 3. The number of carbonyl (C=O) groups is 2. The first-order chi connectivity index (χ1) is 14.3. The molecule has 0 radical (unpaired) electrons. The highest BCUT2D eigenvalue weighted by atomic mass is 19.3. The molecule has 0 amide bonds. The smallest absolute Gasteiger partial charge is 0.376 e. The summed E-state index contributed by atoms with van der Waals surface area (Å²) in [6, 6.07) is 0. The van der Waals surface area contributed by atoms with Gasteiger partial charge in [0.1, 0.15) is 0 Å². The number of halogens is 6. The highest BCUT2D eigenvalue weighted by Gasteiger charge is 2.76. The second kappa shape index (κ2) is 9.24. The minimum atomic E-state index is -5.84. The van der Waals surface area contributed by atoms with Crippen LogP contribution in [0.5, 0.6) is 0 Å². The van der Waals surface area contributed by atoms with Crippen molar-refractivity contribution in [1.82, 2.24) is 0 Å². The molecule has 1 unspecified atom stereocenters. The van der Waals surface area contributed by atoms with Gasteiger partial charge in [0.2, 0.25) is 5.78 Å². The van der Waals surface area contributed by atoms with Crippen LogP contribution in [-0.4, -0.2) is 43.1 Å². The highest BCUT2D eigenvalue weighted by Crippen LogP contribution is 2.67. The Balaban J connectivity index is 2.10. The minimum absolute atomic E-state index is 0.109. The van der Waals surface area contributed by atoms with Crippen molar-refractivity contribution in [2.24, 2.45) is 22.7 Å². The summed E-state index contributed by atoms with van der Waals surface area (Å²) in [6.07, 6.45) is 2.11. The second-order valence-electron chi connectivity index (χ2n) is 9.20. The summed E-state index contributed by atoms with van der Waals surface area (Å²) in [5.41, 5.74) is -2.22. The van der Waals surface area contributed by atoms with Crippen molar-refractivity contribution < 1.29 is 40.7 Å². The number of alkyl halides is 6. The van der Waals surface area contributed by atoms with Gasteiger partial charge in [-0.15, -0.1) is 6.58 Å². The molecule has 2 rings (SSSR count). The summed E-state index contributed by atoms with van der Waals surface area (Å²) in [5, 5.41) is 0. The quantitative estimate of drug-likeness (QED) is 0.151. The average Bonchev–Trinajstić information content (AvgIpc) is 3.03. The molecule has 0 spiro atoms. The maximum Gasteiger partial charge on any atom is 0.376 e. The zero-order valence-corrected chi connectivity index (χ0v) is 17.9. The molecule has 2 aliphatic rings. The van der Waals surface area contributed by atoms with Crippen molar-refractivity contribution in [3.8, 4) is 0 Å². The molecule has 2 aliphatic carbocycles. The summed E-state index contributed by atoms with van der Waals surface area (Å²) >= 11 is 0. The fraction of sp³-hybridized carbons (Fsp3) is 0.818. The van der Waals surface area contributed by atoms with Crippen LogP contribution in [0.25, 0.3) is 0 Å². The highest BCUT2D eigenvalue weighted by molar-refractivity contribution is 6.11. The number of ether oxygens (including phenoxy) is 1. The van der Waals surface area contributed by atoms with Gasteiger partial charge < -0.3 is 4.74 Å². The first-order valence-corrected chi connectivity index (χ1v) is 10.6. The minimum Gasteiger partial charge on any atom is -0.380 e. The Bertz CT molecular complexity index is 691. The third-order valence-corrected chi connectivity index (χ3v) is 7.28. The number of rotatable bonds is 13. The number of ketones is 2. The van der Waals surface area contributed by atoms with Crippen molar-refractivity contribution in [2.45, 2.75) is 77.1 Å². The second-order valence-corrected chi connectivity index (χ2v) is 9.20. The third-order valence-electron chi connectivity index (χ3n) is 7.28. The molecule has 0 N–H and O–H groups in total. The van der Waals surface area contributed by atoms with Crippen LogP contribution in [0.3, 0.4) is 0 Å². The molecule has 3 atom stereocenters. The largest absolute Gasteiger partial charge is 0.380 e. The molecule has 0 aromatic carbocycles. The van der Waals surface area contributed by atoms with Crippen molar-refractivity contribution in [3.63, 3.8) is 0 Å². The predicted molar refractivity (Wildman–Crippen MR) is 102 cm³/mol. The molecule has 0 aromatic rings. The van der Waals surface area contributed by atoms with Crippen molar-refractivity contribution in [3.05, 3.63) is 12.7 Å². The van der Waals surface area contributed by atoms with Gasteiger partial charge in [0, 0.05) is 6.61 Å². The van der Waals surface area contributed by atoms with Gasteiger partial charge in [0.15, 0.2) is 5.78 Å². The lowest BCUT2D eigenvalue weighted by Gasteiger charge is -2.36. The van der Waals surface area contributed by atoms with Crippen LogP contribution in [-0.2, 0) is 14.3 Å². The molecule has 2 fully saturated rings. The fourth-order valence-corrected chi connectivity index (χ4v) is 5.16. The Morgan fingerprint density at radius 3 is 2.39 bits per heavy atom. The van der Waals surface area contributed by atoms with Crippen LogP contribution in [0.1, 0.15) is 58.8 Å². The van der Waals surface area contributed by atoms with Crippen LogP contribution in [0.4, 0.5) is 26.3 Å². The molecule has 0 heterocycles. The van der Waals surface area contributed by atoms with Crippen LogP contribution in [0.2, 0.25) is 0 Å². The number of allylic oxidation sites excluding steroid dienone is 1.